The molecule has 6 heteroatoms. The van der Waals surface area contributed by atoms with Crippen LogP contribution in [0.15, 0.2) is 40.9 Å². The lowest BCUT2D eigenvalue weighted by molar-refractivity contribution is 0.191. The number of benzene rings is 2. The zero-order valence-electron chi connectivity index (χ0n) is 14.4. The lowest BCUT2D eigenvalue weighted by Gasteiger charge is -2.16. The van der Waals surface area contributed by atoms with Crippen LogP contribution in [0, 0.1) is 5.82 Å². The summed E-state index contributed by atoms with van der Waals surface area (Å²) in [5, 5.41) is 12.5. The van der Waals surface area contributed by atoms with Gasteiger partial charge in [-0.3, -0.25) is 0 Å². The van der Waals surface area contributed by atoms with Crippen LogP contribution in [0.2, 0.25) is 0 Å². The number of ether oxygens (including phenoxy) is 2. The van der Waals surface area contributed by atoms with Gasteiger partial charge in [-0.2, -0.15) is 0 Å². The molecule has 2 N–H and O–H groups in total. The molecule has 136 valence electrons. The maximum Gasteiger partial charge on any atom is 0.162 e. The Morgan fingerprint density at radius 2 is 1.88 bits per heavy atom. The minimum absolute atomic E-state index is 0.124. The minimum Gasteiger partial charge on any atom is -0.490 e. The van der Waals surface area contributed by atoms with Gasteiger partial charge in [0.2, 0.25) is 0 Å². The van der Waals surface area contributed by atoms with E-state index >= 15 is 0 Å². The third-order valence-electron chi connectivity index (χ3n) is 3.51. The standard InChI is InChI=1S/C19H23BrFNO3/c1-3-24-18-8-15(11-22-10-13(2)23)16(20)9-19(18)25-12-14-6-4-5-7-17(14)21/h4-9,13,22-23H,3,10-12H2,1-2H3. The average Bonchev–Trinajstić information content (AvgIpc) is 2.57. The smallest absolute Gasteiger partial charge is 0.162 e. The number of aliphatic hydroxyl groups is 1. The lowest BCUT2D eigenvalue weighted by Crippen LogP contribution is -2.24. The minimum atomic E-state index is -0.409. The van der Waals surface area contributed by atoms with Gasteiger partial charge in [0, 0.05) is 23.1 Å². The van der Waals surface area contributed by atoms with Crippen molar-refractivity contribution in [3.05, 3.63) is 57.8 Å². The van der Waals surface area contributed by atoms with E-state index in [4.69, 9.17) is 9.47 Å². The first-order valence-electron chi connectivity index (χ1n) is 8.21. The van der Waals surface area contributed by atoms with Crippen LogP contribution in [0.5, 0.6) is 11.5 Å². The highest BCUT2D eigenvalue weighted by Crippen LogP contribution is 2.34. The monoisotopic (exact) mass is 411 g/mol. The SMILES string of the molecule is CCOc1cc(CNCC(C)O)c(Br)cc1OCc1ccccc1F. The van der Waals surface area contributed by atoms with Crippen LogP contribution in [0.4, 0.5) is 4.39 Å². The Hall–Kier alpha value is -1.63. The van der Waals surface area contributed by atoms with Crippen molar-refractivity contribution < 1.29 is 19.0 Å². The van der Waals surface area contributed by atoms with E-state index in [1.807, 2.05) is 19.1 Å². The molecule has 0 spiro atoms. The van der Waals surface area contributed by atoms with Crippen LogP contribution < -0.4 is 14.8 Å². The molecule has 2 rings (SSSR count). The van der Waals surface area contributed by atoms with Gasteiger partial charge in [-0.15, -0.1) is 0 Å². The Labute approximate surface area is 156 Å². The maximum absolute atomic E-state index is 13.7. The highest BCUT2D eigenvalue weighted by molar-refractivity contribution is 9.10. The zero-order chi connectivity index (χ0) is 18.2. The lowest BCUT2D eigenvalue weighted by atomic mass is 10.2. The third kappa shape index (κ3) is 5.99. The molecule has 1 atom stereocenters. The molecule has 0 heterocycles. The molecule has 0 bridgehead atoms. The van der Waals surface area contributed by atoms with Crippen molar-refractivity contribution in [2.75, 3.05) is 13.2 Å². The topological polar surface area (TPSA) is 50.7 Å². The van der Waals surface area contributed by atoms with Crippen molar-refractivity contribution in [2.24, 2.45) is 0 Å². The van der Waals surface area contributed by atoms with E-state index in [9.17, 15) is 9.50 Å². The number of hydrogen-bond donors (Lipinski definition) is 2. The molecule has 1 unspecified atom stereocenters. The van der Waals surface area contributed by atoms with Gasteiger partial charge in [-0.25, -0.2) is 4.39 Å². The molecule has 0 aliphatic carbocycles. The van der Waals surface area contributed by atoms with Crippen LogP contribution in [-0.4, -0.2) is 24.4 Å². The molecule has 25 heavy (non-hydrogen) atoms. The van der Waals surface area contributed by atoms with Crippen molar-refractivity contribution >= 4 is 15.9 Å². The van der Waals surface area contributed by atoms with E-state index in [0.29, 0.717) is 36.8 Å². The van der Waals surface area contributed by atoms with Crippen LogP contribution >= 0.6 is 15.9 Å². The summed E-state index contributed by atoms with van der Waals surface area (Å²) in [4.78, 5) is 0. The second-order valence-electron chi connectivity index (χ2n) is 5.68. The van der Waals surface area contributed by atoms with Gasteiger partial charge < -0.3 is 19.9 Å². The largest absolute Gasteiger partial charge is 0.490 e. The van der Waals surface area contributed by atoms with Gasteiger partial charge in [-0.05, 0) is 37.6 Å². The normalized spacial score (nSPS) is 12.0. The zero-order valence-corrected chi connectivity index (χ0v) is 16.0. The Morgan fingerprint density at radius 3 is 2.56 bits per heavy atom. The van der Waals surface area contributed by atoms with Gasteiger partial charge in [0.25, 0.3) is 0 Å². The predicted octanol–water partition coefficient (Wildman–Crippen LogP) is 4.04. The first-order chi connectivity index (χ1) is 12.0. The second kappa shape index (κ2) is 9.75. The summed E-state index contributed by atoms with van der Waals surface area (Å²) in [6.07, 6.45) is -0.409. The molecular formula is C19H23BrFNO3. The first kappa shape index (κ1) is 19.7. The van der Waals surface area contributed by atoms with E-state index in [1.54, 1.807) is 25.1 Å². The number of rotatable bonds is 9. The Morgan fingerprint density at radius 1 is 1.16 bits per heavy atom. The van der Waals surface area contributed by atoms with E-state index < -0.39 is 6.10 Å². The van der Waals surface area contributed by atoms with E-state index in [-0.39, 0.29) is 12.4 Å². The molecule has 0 fully saturated rings. The Kier molecular flexibility index (Phi) is 7.68. The fraction of sp³-hybridized carbons (Fsp3) is 0.368. The van der Waals surface area contributed by atoms with Gasteiger partial charge in [0.15, 0.2) is 11.5 Å². The van der Waals surface area contributed by atoms with Crippen molar-refractivity contribution in [3.63, 3.8) is 0 Å². The van der Waals surface area contributed by atoms with E-state index in [1.165, 1.54) is 6.07 Å². The predicted molar refractivity (Wildman–Crippen MR) is 99.4 cm³/mol. The molecule has 2 aromatic rings. The molecule has 0 aliphatic heterocycles. The summed E-state index contributed by atoms with van der Waals surface area (Å²) in [6, 6.07) is 10.2. The van der Waals surface area contributed by atoms with Gasteiger partial charge in [-0.1, -0.05) is 34.1 Å². The van der Waals surface area contributed by atoms with Crippen molar-refractivity contribution in [3.8, 4) is 11.5 Å². The Bertz CT molecular complexity index is 694. The van der Waals surface area contributed by atoms with Crippen LogP contribution in [-0.2, 0) is 13.2 Å². The molecule has 0 aliphatic rings. The fourth-order valence-corrected chi connectivity index (χ4v) is 2.74. The molecule has 0 radical (unpaired) electrons. The summed E-state index contributed by atoms with van der Waals surface area (Å²) in [7, 11) is 0. The van der Waals surface area contributed by atoms with E-state index in [2.05, 4.69) is 21.2 Å². The fourth-order valence-electron chi connectivity index (χ4n) is 2.28. The third-order valence-corrected chi connectivity index (χ3v) is 4.25. The molecule has 0 saturated carbocycles. The van der Waals surface area contributed by atoms with Crippen molar-refractivity contribution in [1.82, 2.24) is 5.32 Å². The summed E-state index contributed by atoms with van der Waals surface area (Å²) < 4.78 is 26.0. The van der Waals surface area contributed by atoms with E-state index in [0.717, 1.165) is 10.0 Å². The second-order valence-corrected chi connectivity index (χ2v) is 6.54. The summed E-state index contributed by atoms with van der Waals surface area (Å²) in [5.74, 6) is 0.866. The quantitative estimate of drug-likeness (QED) is 0.653. The maximum atomic E-state index is 13.7. The number of halogens is 2. The van der Waals surface area contributed by atoms with Gasteiger partial charge in [0.05, 0.1) is 12.7 Å². The van der Waals surface area contributed by atoms with Crippen LogP contribution in [0.1, 0.15) is 25.0 Å². The molecular weight excluding hydrogens is 389 g/mol. The highest BCUT2D eigenvalue weighted by atomic mass is 79.9. The van der Waals surface area contributed by atoms with Gasteiger partial charge >= 0.3 is 0 Å². The van der Waals surface area contributed by atoms with Gasteiger partial charge in [0.1, 0.15) is 12.4 Å². The van der Waals surface area contributed by atoms with Crippen LogP contribution in [0.25, 0.3) is 0 Å². The molecule has 0 saturated heterocycles. The highest BCUT2D eigenvalue weighted by Gasteiger charge is 2.12. The average molecular weight is 412 g/mol. The Balaban J connectivity index is 2.13. The molecule has 4 nitrogen and oxygen atoms in total. The van der Waals surface area contributed by atoms with Crippen molar-refractivity contribution in [1.29, 1.82) is 0 Å². The van der Waals surface area contributed by atoms with Crippen molar-refractivity contribution in [2.45, 2.75) is 33.1 Å². The number of hydrogen-bond acceptors (Lipinski definition) is 4. The number of nitrogens with one attached hydrogen (secondary N) is 1. The molecule has 2 aromatic carbocycles. The molecule has 0 amide bonds. The first-order valence-corrected chi connectivity index (χ1v) is 9.00. The summed E-state index contributed by atoms with van der Waals surface area (Å²) in [6.45, 7) is 5.33. The summed E-state index contributed by atoms with van der Waals surface area (Å²) in [5.41, 5.74) is 1.48. The summed E-state index contributed by atoms with van der Waals surface area (Å²) >= 11 is 3.53. The molecule has 0 aromatic heterocycles. The van der Waals surface area contributed by atoms with Crippen LogP contribution in [0.3, 0.4) is 0 Å². The number of aliphatic hydroxyl groups excluding tert-OH is 1.